The van der Waals surface area contributed by atoms with Gasteiger partial charge in [-0.05, 0) is 24.3 Å². The third-order valence-electron chi connectivity index (χ3n) is 3.71. The normalized spacial score (nSPS) is 12.7. The van der Waals surface area contributed by atoms with Gasteiger partial charge in [0.05, 0.1) is 25.2 Å². The molecule has 146 valence electrons. The molecule has 2 aromatic heterocycles. The Balaban J connectivity index is 2.31. The largest absolute Gasteiger partial charge is 0.495 e. The minimum absolute atomic E-state index is 0.0853. The summed E-state index contributed by atoms with van der Waals surface area (Å²) < 4.78 is 48.5. The molecular formula is C16H17ClN2O5S3. The van der Waals surface area contributed by atoms with Gasteiger partial charge in [0.1, 0.15) is 25.9 Å². The molecule has 1 aromatic carbocycles. The first-order valence-electron chi connectivity index (χ1n) is 7.71. The Morgan fingerprint density at radius 2 is 1.78 bits per heavy atom. The molecule has 2 heterocycles. The van der Waals surface area contributed by atoms with Gasteiger partial charge in [0, 0.05) is 13.7 Å². The maximum absolute atomic E-state index is 12.7. The minimum Gasteiger partial charge on any atom is -0.495 e. The fraction of sp³-hybridized carbons (Fsp3) is 0.312. The van der Waals surface area contributed by atoms with Crippen LogP contribution in [0.4, 0.5) is 0 Å². The molecule has 11 heteroatoms. The van der Waals surface area contributed by atoms with Gasteiger partial charge >= 0.3 is 0 Å². The van der Waals surface area contributed by atoms with E-state index >= 15 is 0 Å². The second kappa shape index (κ2) is 8.19. The molecule has 0 fully saturated rings. The maximum atomic E-state index is 12.7. The maximum Gasteiger partial charge on any atom is 0.294 e. The van der Waals surface area contributed by atoms with Crippen LogP contribution in [-0.4, -0.2) is 40.9 Å². The first-order valence-corrected chi connectivity index (χ1v) is 11.2. The quantitative estimate of drug-likeness (QED) is 0.553. The second-order valence-electron chi connectivity index (χ2n) is 5.30. The Morgan fingerprint density at radius 3 is 2.37 bits per heavy atom. The highest BCUT2D eigenvalue weighted by Gasteiger charge is 2.20. The molecule has 3 rings (SSSR count). The number of halogens is 1. The SMILES string of the molecule is COCCn1/c(=N/S(=O)(=O)c2ccc(Cl)s2)sc2c(OC)ccc(OC)c21. The lowest BCUT2D eigenvalue weighted by atomic mass is 10.3. The molecule has 0 spiro atoms. The van der Waals surface area contributed by atoms with Crippen molar-refractivity contribution in [2.24, 2.45) is 4.40 Å². The van der Waals surface area contributed by atoms with E-state index in [1.807, 2.05) is 0 Å². The molecule has 0 bridgehead atoms. The first-order chi connectivity index (χ1) is 12.9. The van der Waals surface area contributed by atoms with Crippen LogP contribution in [0.1, 0.15) is 0 Å². The molecule has 0 unspecified atom stereocenters. The summed E-state index contributed by atoms with van der Waals surface area (Å²) in [5.41, 5.74) is 0.706. The summed E-state index contributed by atoms with van der Waals surface area (Å²) in [7, 11) is 0.790. The molecule has 27 heavy (non-hydrogen) atoms. The van der Waals surface area contributed by atoms with E-state index in [-0.39, 0.29) is 4.21 Å². The number of thiazole rings is 1. The lowest BCUT2D eigenvalue weighted by Crippen LogP contribution is -2.19. The van der Waals surface area contributed by atoms with Gasteiger partial charge in [-0.2, -0.15) is 8.42 Å². The molecule has 0 saturated heterocycles. The van der Waals surface area contributed by atoms with Crippen molar-refractivity contribution >= 4 is 54.5 Å². The standard InChI is InChI=1S/C16H17ClN2O5S3/c1-22-9-8-19-14-10(23-2)4-5-11(24-3)15(14)26-16(19)18-27(20,21)13-7-6-12(17)25-13/h4-7H,8-9H2,1-3H3/b18-16-. The molecular weight excluding hydrogens is 432 g/mol. The van der Waals surface area contributed by atoms with Gasteiger partial charge < -0.3 is 18.8 Å². The Kier molecular flexibility index (Phi) is 6.11. The van der Waals surface area contributed by atoms with Crippen LogP contribution in [0.15, 0.2) is 32.9 Å². The third-order valence-corrected chi connectivity index (χ3v) is 7.89. The van der Waals surface area contributed by atoms with Crippen molar-refractivity contribution in [1.29, 1.82) is 0 Å². The average Bonchev–Trinajstić information content (AvgIpc) is 3.23. The number of sulfonamides is 1. The molecule has 0 aliphatic heterocycles. The molecule has 7 nitrogen and oxygen atoms in total. The van der Waals surface area contributed by atoms with E-state index in [0.29, 0.717) is 39.3 Å². The zero-order valence-electron chi connectivity index (χ0n) is 14.8. The minimum atomic E-state index is -3.90. The highest BCUT2D eigenvalue weighted by atomic mass is 35.5. The average molecular weight is 449 g/mol. The molecule has 0 amide bonds. The number of hydrogen-bond acceptors (Lipinski definition) is 7. The van der Waals surface area contributed by atoms with E-state index in [4.69, 9.17) is 25.8 Å². The van der Waals surface area contributed by atoms with Crippen molar-refractivity contribution in [3.05, 3.63) is 33.4 Å². The second-order valence-corrected chi connectivity index (χ2v) is 9.83. The van der Waals surface area contributed by atoms with Crippen LogP contribution >= 0.6 is 34.3 Å². The predicted octanol–water partition coefficient (Wildman–Crippen LogP) is 3.37. The zero-order chi connectivity index (χ0) is 19.6. The molecule has 0 aliphatic rings. The molecule has 0 radical (unpaired) electrons. The van der Waals surface area contributed by atoms with Crippen LogP contribution < -0.4 is 14.3 Å². The number of aromatic nitrogens is 1. The lowest BCUT2D eigenvalue weighted by Gasteiger charge is -2.09. The Hall–Kier alpha value is -1.59. The van der Waals surface area contributed by atoms with Gasteiger partial charge in [0.25, 0.3) is 10.0 Å². The van der Waals surface area contributed by atoms with Gasteiger partial charge in [-0.3, -0.25) is 0 Å². The number of nitrogens with zero attached hydrogens (tertiary/aromatic N) is 2. The number of benzene rings is 1. The first kappa shape index (κ1) is 20.2. The van der Waals surface area contributed by atoms with Crippen molar-refractivity contribution in [1.82, 2.24) is 4.57 Å². The summed E-state index contributed by atoms with van der Waals surface area (Å²) in [6.07, 6.45) is 0. The van der Waals surface area contributed by atoms with E-state index in [1.54, 1.807) is 38.0 Å². The van der Waals surface area contributed by atoms with E-state index in [0.717, 1.165) is 16.0 Å². The zero-order valence-corrected chi connectivity index (χ0v) is 18.0. The highest BCUT2D eigenvalue weighted by molar-refractivity contribution is 7.92. The predicted molar refractivity (Wildman–Crippen MR) is 107 cm³/mol. The van der Waals surface area contributed by atoms with Gasteiger partial charge in [0.2, 0.25) is 4.80 Å². The monoisotopic (exact) mass is 448 g/mol. The van der Waals surface area contributed by atoms with Gasteiger partial charge in [-0.15, -0.1) is 15.7 Å². The summed E-state index contributed by atoms with van der Waals surface area (Å²) in [5.74, 6) is 1.20. The number of ether oxygens (including phenoxy) is 3. The van der Waals surface area contributed by atoms with Crippen LogP contribution in [0.25, 0.3) is 10.2 Å². The third kappa shape index (κ3) is 3.99. The van der Waals surface area contributed by atoms with Crippen molar-refractivity contribution in [3.63, 3.8) is 0 Å². The number of thiophene rings is 1. The van der Waals surface area contributed by atoms with Gasteiger partial charge in [-0.1, -0.05) is 22.9 Å². The number of fused-ring (bicyclic) bond motifs is 1. The van der Waals surface area contributed by atoms with E-state index in [9.17, 15) is 8.42 Å². The smallest absolute Gasteiger partial charge is 0.294 e. The van der Waals surface area contributed by atoms with Crippen molar-refractivity contribution in [2.75, 3.05) is 27.9 Å². The van der Waals surface area contributed by atoms with E-state index in [1.165, 1.54) is 23.5 Å². The van der Waals surface area contributed by atoms with E-state index < -0.39 is 10.0 Å². The lowest BCUT2D eigenvalue weighted by molar-refractivity contribution is 0.187. The number of rotatable bonds is 7. The Morgan fingerprint density at radius 1 is 1.07 bits per heavy atom. The number of hydrogen-bond donors (Lipinski definition) is 0. The van der Waals surface area contributed by atoms with Crippen molar-refractivity contribution < 1.29 is 22.6 Å². The summed E-state index contributed by atoms with van der Waals surface area (Å²) >= 11 is 8.05. The van der Waals surface area contributed by atoms with Crippen LogP contribution in [0.5, 0.6) is 11.5 Å². The fourth-order valence-corrected chi connectivity index (χ4v) is 6.33. The molecule has 3 aromatic rings. The van der Waals surface area contributed by atoms with Crippen molar-refractivity contribution in [2.45, 2.75) is 10.8 Å². The summed E-state index contributed by atoms with van der Waals surface area (Å²) in [6.45, 7) is 0.782. The van der Waals surface area contributed by atoms with E-state index in [2.05, 4.69) is 4.40 Å². The van der Waals surface area contributed by atoms with Crippen LogP contribution in [0.2, 0.25) is 4.34 Å². The van der Waals surface area contributed by atoms with Crippen LogP contribution in [0.3, 0.4) is 0 Å². The molecule has 0 atom stereocenters. The summed E-state index contributed by atoms with van der Waals surface area (Å²) in [6, 6.07) is 6.52. The molecule has 0 N–H and O–H groups in total. The Bertz CT molecular complexity index is 1130. The topological polar surface area (TPSA) is 79.1 Å². The van der Waals surface area contributed by atoms with Crippen LogP contribution in [0, 0.1) is 0 Å². The van der Waals surface area contributed by atoms with Gasteiger partial charge in [-0.25, -0.2) is 0 Å². The summed E-state index contributed by atoms with van der Waals surface area (Å²) in [4.78, 5) is 0.300. The Labute approximate surface area is 169 Å². The summed E-state index contributed by atoms with van der Waals surface area (Å²) in [5, 5.41) is 0. The number of methoxy groups -OCH3 is 3. The van der Waals surface area contributed by atoms with Crippen LogP contribution in [-0.2, 0) is 21.3 Å². The van der Waals surface area contributed by atoms with Gasteiger partial charge in [0.15, 0.2) is 0 Å². The molecule has 0 saturated carbocycles. The fourth-order valence-electron chi connectivity index (χ4n) is 2.50. The highest BCUT2D eigenvalue weighted by Crippen LogP contribution is 2.35. The molecule has 0 aliphatic carbocycles. The van der Waals surface area contributed by atoms with Crippen molar-refractivity contribution in [3.8, 4) is 11.5 Å².